The maximum atomic E-state index is 13.8. The van der Waals surface area contributed by atoms with E-state index in [1.807, 2.05) is 55.5 Å². The van der Waals surface area contributed by atoms with E-state index in [4.69, 9.17) is 22.3 Å². The molecular formula is C28H26ClN3O2S. The number of fused-ring (bicyclic) bond motifs is 2. The number of thiophene rings is 1. The third kappa shape index (κ3) is 4.32. The number of halogens is 1. The Balaban J connectivity index is 1.61. The lowest BCUT2D eigenvalue weighted by Gasteiger charge is -2.20. The summed E-state index contributed by atoms with van der Waals surface area (Å²) < 4.78 is 0. The zero-order valence-electron chi connectivity index (χ0n) is 19.7. The lowest BCUT2D eigenvalue weighted by molar-refractivity contribution is 0.1000. The molecule has 3 N–H and O–H groups in total. The molecule has 0 bridgehead atoms. The van der Waals surface area contributed by atoms with E-state index in [0.717, 1.165) is 63.8 Å². The molecule has 0 radical (unpaired) electrons. The largest absolute Gasteiger partial charge is 0.365 e. The smallest absolute Gasteiger partial charge is 0.257 e. The van der Waals surface area contributed by atoms with Crippen LogP contribution in [0.25, 0.3) is 22.2 Å². The molecule has 1 aliphatic rings. The molecule has 2 heterocycles. The number of nitrogens with one attached hydrogen (secondary N) is 1. The van der Waals surface area contributed by atoms with Crippen LogP contribution in [0.4, 0.5) is 5.00 Å². The highest BCUT2D eigenvalue weighted by molar-refractivity contribution is 7.17. The number of hydrogen-bond donors (Lipinski definition) is 2. The molecule has 178 valence electrons. The first-order valence-corrected chi connectivity index (χ1v) is 13.0. The highest BCUT2D eigenvalue weighted by Crippen LogP contribution is 2.41. The van der Waals surface area contributed by atoms with Crippen LogP contribution >= 0.6 is 22.9 Å². The molecule has 2 aromatic heterocycles. The standard InChI is InChI=1S/C28H26ClN3O2S/c1-3-16-8-13-20-22(14-16)35-28(24(20)26(30)33)32-27(34)23-15(2)25(17-9-11-18(29)12-10-17)31-21-7-5-4-6-19(21)23/h4-7,9-12,16H,3,8,13-14H2,1-2H3,(H2,30,33)(H,32,34). The number of primary amides is 1. The van der Waals surface area contributed by atoms with E-state index in [1.54, 1.807) is 0 Å². The van der Waals surface area contributed by atoms with E-state index in [-0.39, 0.29) is 5.91 Å². The lowest BCUT2D eigenvalue weighted by atomic mass is 9.85. The molecular weight excluding hydrogens is 478 g/mol. The molecule has 35 heavy (non-hydrogen) atoms. The zero-order valence-corrected chi connectivity index (χ0v) is 21.2. The van der Waals surface area contributed by atoms with Gasteiger partial charge in [0.2, 0.25) is 0 Å². The van der Waals surface area contributed by atoms with Gasteiger partial charge in [-0.25, -0.2) is 4.98 Å². The van der Waals surface area contributed by atoms with Gasteiger partial charge in [-0.3, -0.25) is 9.59 Å². The van der Waals surface area contributed by atoms with Crippen LogP contribution in [0.3, 0.4) is 0 Å². The SMILES string of the molecule is CCC1CCc2c(sc(NC(=O)c3c(C)c(-c4ccc(Cl)cc4)nc4ccccc34)c2C(N)=O)C1. The Hall–Kier alpha value is -3.22. The van der Waals surface area contributed by atoms with Gasteiger partial charge in [0.15, 0.2) is 0 Å². The first-order chi connectivity index (χ1) is 16.9. The van der Waals surface area contributed by atoms with E-state index in [0.29, 0.717) is 27.1 Å². The Labute approximate surface area is 213 Å². The van der Waals surface area contributed by atoms with Gasteiger partial charge in [-0.05, 0) is 61.4 Å². The molecule has 5 nitrogen and oxygen atoms in total. The number of pyridine rings is 1. The van der Waals surface area contributed by atoms with E-state index >= 15 is 0 Å². The number of carbonyl (C=O) groups is 2. The monoisotopic (exact) mass is 503 g/mol. The first kappa shape index (κ1) is 23.5. The van der Waals surface area contributed by atoms with Crippen molar-refractivity contribution in [2.45, 2.75) is 39.5 Å². The van der Waals surface area contributed by atoms with Crippen molar-refractivity contribution in [2.24, 2.45) is 11.7 Å². The summed E-state index contributed by atoms with van der Waals surface area (Å²) in [5.41, 5.74) is 10.9. The van der Waals surface area contributed by atoms with Crippen molar-refractivity contribution in [1.82, 2.24) is 4.98 Å². The maximum absolute atomic E-state index is 13.8. The highest BCUT2D eigenvalue weighted by Gasteiger charge is 2.29. The van der Waals surface area contributed by atoms with Gasteiger partial charge in [-0.1, -0.05) is 55.3 Å². The number of anilines is 1. The Kier molecular flexibility index (Phi) is 6.34. The highest BCUT2D eigenvalue weighted by atomic mass is 35.5. The number of nitrogens with zero attached hydrogens (tertiary/aromatic N) is 1. The summed E-state index contributed by atoms with van der Waals surface area (Å²) in [6, 6.07) is 15.0. The Morgan fingerprint density at radius 2 is 1.89 bits per heavy atom. The number of carbonyl (C=O) groups excluding carboxylic acids is 2. The number of rotatable bonds is 5. The molecule has 1 aliphatic carbocycles. The van der Waals surface area contributed by atoms with Crippen molar-refractivity contribution in [3.8, 4) is 11.3 Å². The fourth-order valence-electron chi connectivity index (χ4n) is 5.01. The van der Waals surface area contributed by atoms with E-state index < -0.39 is 5.91 Å². The summed E-state index contributed by atoms with van der Waals surface area (Å²) >= 11 is 7.57. The van der Waals surface area contributed by atoms with Gasteiger partial charge in [-0.15, -0.1) is 11.3 Å². The average molecular weight is 504 g/mol. The molecule has 1 unspecified atom stereocenters. The van der Waals surface area contributed by atoms with Crippen LogP contribution in [0.1, 0.15) is 56.5 Å². The van der Waals surface area contributed by atoms with Crippen molar-refractivity contribution in [3.63, 3.8) is 0 Å². The average Bonchev–Trinajstić information content (AvgIpc) is 3.21. The molecule has 1 atom stereocenters. The lowest BCUT2D eigenvalue weighted by Crippen LogP contribution is -2.20. The van der Waals surface area contributed by atoms with Gasteiger partial charge in [0.05, 0.1) is 22.3 Å². The second-order valence-electron chi connectivity index (χ2n) is 9.03. The first-order valence-electron chi connectivity index (χ1n) is 11.8. The fraction of sp³-hybridized carbons (Fsp3) is 0.250. The van der Waals surface area contributed by atoms with E-state index in [9.17, 15) is 9.59 Å². The fourth-order valence-corrected chi connectivity index (χ4v) is 6.49. The third-order valence-corrected chi connectivity index (χ3v) is 8.32. The molecule has 2 aromatic carbocycles. The van der Waals surface area contributed by atoms with Crippen LogP contribution in [0.5, 0.6) is 0 Å². The van der Waals surface area contributed by atoms with Crippen molar-refractivity contribution in [3.05, 3.63) is 80.7 Å². The van der Waals surface area contributed by atoms with Gasteiger partial charge < -0.3 is 11.1 Å². The minimum atomic E-state index is -0.495. The van der Waals surface area contributed by atoms with Crippen LogP contribution in [0.2, 0.25) is 5.02 Å². The number of para-hydroxylation sites is 1. The molecule has 0 spiro atoms. The number of benzene rings is 2. The number of amides is 2. The Morgan fingerprint density at radius 3 is 2.60 bits per heavy atom. The minimum absolute atomic E-state index is 0.274. The maximum Gasteiger partial charge on any atom is 0.257 e. The van der Waals surface area contributed by atoms with Crippen LogP contribution in [-0.2, 0) is 12.8 Å². The van der Waals surface area contributed by atoms with Gasteiger partial charge >= 0.3 is 0 Å². The van der Waals surface area contributed by atoms with E-state index in [1.165, 1.54) is 11.3 Å². The van der Waals surface area contributed by atoms with Crippen molar-refractivity contribution < 1.29 is 9.59 Å². The van der Waals surface area contributed by atoms with Crippen LogP contribution < -0.4 is 11.1 Å². The summed E-state index contributed by atoms with van der Waals surface area (Å²) in [6.45, 7) is 4.09. The molecule has 7 heteroatoms. The summed E-state index contributed by atoms with van der Waals surface area (Å²) in [6.07, 6.45) is 3.87. The Bertz CT molecular complexity index is 1460. The van der Waals surface area contributed by atoms with Crippen LogP contribution in [-0.4, -0.2) is 16.8 Å². The second-order valence-corrected chi connectivity index (χ2v) is 10.6. The molecule has 0 aliphatic heterocycles. The van der Waals surface area contributed by atoms with E-state index in [2.05, 4.69) is 12.2 Å². The van der Waals surface area contributed by atoms with Crippen molar-refractivity contribution in [2.75, 3.05) is 5.32 Å². The number of aromatic nitrogens is 1. The van der Waals surface area contributed by atoms with Crippen LogP contribution in [0, 0.1) is 12.8 Å². The van der Waals surface area contributed by atoms with Crippen molar-refractivity contribution in [1.29, 1.82) is 0 Å². The second kappa shape index (κ2) is 9.44. The third-order valence-electron chi connectivity index (χ3n) is 6.90. The Morgan fingerprint density at radius 1 is 1.14 bits per heavy atom. The van der Waals surface area contributed by atoms with Gasteiger partial charge in [0, 0.05) is 20.8 Å². The molecule has 0 saturated heterocycles. The zero-order chi connectivity index (χ0) is 24.7. The normalized spacial score (nSPS) is 15.1. The van der Waals surface area contributed by atoms with Gasteiger partial charge in [0.1, 0.15) is 5.00 Å². The van der Waals surface area contributed by atoms with Gasteiger partial charge in [0.25, 0.3) is 11.8 Å². The summed E-state index contributed by atoms with van der Waals surface area (Å²) in [5.74, 6) is -0.172. The molecule has 0 fully saturated rings. The van der Waals surface area contributed by atoms with Crippen LogP contribution in [0.15, 0.2) is 48.5 Å². The van der Waals surface area contributed by atoms with Gasteiger partial charge in [-0.2, -0.15) is 0 Å². The summed E-state index contributed by atoms with van der Waals surface area (Å²) in [7, 11) is 0. The predicted molar refractivity (Wildman–Crippen MR) is 144 cm³/mol. The summed E-state index contributed by atoms with van der Waals surface area (Å²) in [4.78, 5) is 32.2. The predicted octanol–water partition coefficient (Wildman–Crippen LogP) is 6.79. The topological polar surface area (TPSA) is 85.1 Å². The quantitative estimate of drug-likeness (QED) is 0.314. The van der Waals surface area contributed by atoms with Crippen molar-refractivity contribution >= 4 is 50.7 Å². The molecule has 2 amide bonds. The number of nitrogens with two attached hydrogens (primary N) is 1. The minimum Gasteiger partial charge on any atom is -0.365 e. The molecule has 5 rings (SSSR count). The molecule has 0 saturated carbocycles. The molecule has 4 aromatic rings. The number of hydrogen-bond acceptors (Lipinski definition) is 4. The summed E-state index contributed by atoms with van der Waals surface area (Å²) in [5, 5.41) is 4.98.